The van der Waals surface area contributed by atoms with Crippen LogP contribution in [0, 0.1) is 0 Å². The SMILES string of the molecule is CN(Cc1ccccc1)C(=O)COc1ccc2c(c1)OCO2. The molecule has 0 fully saturated rings. The van der Waals surface area contributed by atoms with Gasteiger partial charge in [0.05, 0.1) is 0 Å². The lowest BCUT2D eigenvalue weighted by Crippen LogP contribution is -2.30. The summed E-state index contributed by atoms with van der Waals surface area (Å²) >= 11 is 0. The molecule has 3 rings (SSSR count). The van der Waals surface area contributed by atoms with Gasteiger partial charge in [0.25, 0.3) is 5.91 Å². The Morgan fingerprint density at radius 1 is 1.14 bits per heavy atom. The molecule has 114 valence electrons. The van der Waals surface area contributed by atoms with Crippen LogP contribution >= 0.6 is 0 Å². The maximum Gasteiger partial charge on any atom is 0.260 e. The second-order valence-electron chi connectivity index (χ2n) is 5.04. The van der Waals surface area contributed by atoms with E-state index in [1.54, 1.807) is 30.1 Å². The predicted octanol–water partition coefficient (Wildman–Crippen LogP) is 2.45. The topological polar surface area (TPSA) is 48.0 Å². The molecule has 5 heteroatoms. The average molecular weight is 299 g/mol. The number of nitrogens with zero attached hydrogens (tertiary/aromatic N) is 1. The van der Waals surface area contributed by atoms with E-state index in [-0.39, 0.29) is 19.3 Å². The zero-order valence-corrected chi connectivity index (χ0v) is 12.3. The largest absolute Gasteiger partial charge is 0.484 e. The maximum atomic E-state index is 12.1. The summed E-state index contributed by atoms with van der Waals surface area (Å²) in [6, 6.07) is 15.1. The molecule has 2 aromatic rings. The van der Waals surface area contributed by atoms with Crippen LogP contribution in [0.2, 0.25) is 0 Å². The van der Waals surface area contributed by atoms with Gasteiger partial charge >= 0.3 is 0 Å². The Morgan fingerprint density at radius 3 is 2.73 bits per heavy atom. The van der Waals surface area contributed by atoms with Crippen LogP contribution in [-0.4, -0.2) is 31.3 Å². The summed E-state index contributed by atoms with van der Waals surface area (Å²) in [5, 5.41) is 0. The first-order chi connectivity index (χ1) is 10.7. The molecular formula is C17H17NO4. The molecule has 5 nitrogen and oxygen atoms in total. The van der Waals surface area contributed by atoms with Gasteiger partial charge in [-0.3, -0.25) is 4.79 Å². The van der Waals surface area contributed by atoms with Crippen LogP contribution in [0.15, 0.2) is 48.5 Å². The van der Waals surface area contributed by atoms with E-state index in [0.717, 1.165) is 5.56 Å². The lowest BCUT2D eigenvalue weighted by Gasteiger charge is -2.17. The lowest BCUT2D eigenvalue weighted by atomic mass is 10.2. The quantitative estimate of drug-likeness (QED) is 0.851. The summed E-state index contributed by atoms with van der Waals surface area (Å²) in [4.78, 5) is 13.7. The van der Waals surface area contributed by atoms with Gasteiger partial charge in [0.15, 0.2) is 18.1 Å². The highest BCUT2D eigenvalue weighted by atomic mass is 16.7. The monoisotopic (exact) mass is 299 g/mol. The molecule has 0 radical (unpaired) electrons. The molecule has 0 spiro atoms. The van der Waals surface area contributed by atoms with Crippen molar-refractivity contribution in [3.63, 3.8) is 0 Å². The van der Waals surface area contributed by atoms with Gasteiger partial charge in [0.2, 0.25) is 6.79 Å². The maximum absolute atomic E-state index is 12.1. The average Bonchev–Trinajstić information content (AvgIpc) is 3.01. The number of carbonyl (C=O) groups is 1. The molecular weight excluding hydrogens is 282 g/mol. The number of benzene rings is 2. The Labute approximate surface area is 129 Å². The van der Waals surface area contributed by atoms with Gasteiger partial charge in [0.1, 0.15) is 5.75 Å². The number of rotatable bonds is 5. The van der Waals surface area contributed by atoms with Crippen molar-refractivity contribution in [3.05, 3.63) is 54.1 Å². The number of ether oxygens (including phenoxy) is 3. The second kappa shape index (κ2) is 6.39. The number of carbonyl (C=O) groups excluding carboxylic acids is 1. The number of amides is 1. The third-order valence-corrected chi connectivity index (χ3v) is 3.39. The van der Waals surface area contributed by atoms with E-state index in [9.17, 15) is 4.79 Å². The highest BCUT2D eigenvalue weighted by molar-refractivity contribution is 5.77. The van der Waals surface area contributed by atoms with Crippen LogP contribution in [0.5, 0.6) is 17.2 Å². The van der Waals surface area contributed by atoms with E-state index < -0.39 is 0 Å². The minimum atomic E-state index is -0.0819. The fraction of sp³-hybridized carbons (Fsp3) is 0.235. The van der Waals surface area contributed by atoms with Gasteiger partial charge in [0, 0.05) is 19.7 Å². The van der Waals surface area contributed by atoms with Crippen LogP contribution in [0.25, 0.3) is 0 Å². The van der Waals surface area contributed by atoms with Crippen LogP contribution in [-0.2, 0) is 11.3 Å². The molecule has 0 unspecified atom stereocenters. The summed E-state index contributed by atoms with van der Waals surface area (Å²) in [5.74, 6) is 1.84. The standard InChI is InChI=1S/C17H17NO4/c1-18(10-13-5-3-2-4-6-13)17(19)11-20-14-7-8-15-16(9-14)22-12-21-15/h2-9H,10-12H2,1H3. The first-order valence-electron chi connectivity index (χ1n) is 7.03. The molecule has 0 aliphatic carbocycles. The Hall–Kier alpha value is -2.69. The first kappa shape index (κ1) is 14.3. The molecule has 22 heavy (non-hydrogen) atoms. The van der Waals surface area contributed by atoms with Crippen molar-refractivity contribution < 1.29 is 19.0 Å². The van der Waals surface area contributed by atoms with Crippen molar-refractivity contribution in [2.75, 3.05) is 20.4 Å². The van der Waals surface area contributed by atoms with E-state index in [2.05, 4.69) is 0 Å². The van der Waals surface area contributed by atoms with E-state index in [4.69, 9.17) is 14.2 Å². The van der Waals surface area contributed by atoms with Crippen molar-refractivity contribution in [2.24, 2.45) is 0 Å². The summed E-state index contributed by atoms with van der Waals surface area (Å²) in [7, 11) is 1.76. The van der Waals surface area contributed by atoms with Gasteiger partial charge in [-0.1, -0.05) is 30.3 Å². The van der Waals surface area contributed by atoms with Gasteiger partial charge in [-0.05, 0) is 17.7 Å². The smallest absolute Gasteiger partial charge is 0.260 e. The highest BCUT2D eigenvalue weighted by Gasteiger charge is 2.15. The van der Waals surface area contributed by atoms with E-state index in [1.165, 1.54) is 0 Å². The Morgan fingerprint density at radius 2 is 1.91 bits per heavy atom. The molecule has 1 aliphatic heterocycles. The Bertz CT molecular complexity index is 657. The zero-order valence-electron chi connectivity index (χ0n) is 12.3. The molecule has 1 heterocycles. The summed E-state index contributed by atoms with van der Waals surface area (Å²) in [6.45, 7) is 0.769. The Balaban J connectivity index is 1.53. The van der Waals surface area contributed by atoms with Crippen LogP contribution in [0.4, 0.5) is 0 Å². The highest BCUT2D eigenvalue weighted by Crippen LogP contribution is 2.35. The molecule has 0 N–H and O–H groups in total. The molecule has 0 atom stereocenters. The lowest BCUT2D eigenvalue weighted by molar-refractivity contribution is -0.132. The van der Waals surface area contributed by atoms with Gasteiger partial charge in [-0.2, -0.15) is 0 Å². The van der Waals surface area contributed by atoms with Crippen LogP contribution in [0.3, 0.4) is 0 Å². The molecule has 0 saturated carbocycles. The second-order valence-corrected chi connectivity index (χ2v) is 5.04. The van der Waals surface area contributed by atoms with Gasteiger partial charge < -0.3 is 19.1 Å². The van der Waals surface area contributed by atoms with Gasteiger partial charge in [-0.25, -0.2) is 0 Å². The summed E-state index contributed by atoms with van der Waals surface area (Å²) in [6.07, 6.45) is 0. The minimum absolute atomic E-state index is 0.0109. The van der Waals surface area contributed by atoms with Crippen molar-refractivity contribution in [2.45, 2.75) is 6.54 Å². The molecule has 0 aromatic heterocycles. The van der Waals surface area contributed by atoms with Crippen molar-refractivity contribution in [3.8, 4) is 17.2 Å². The molecule has 0 saturated heterocycles. The fourth-order valence-electron chi connectivity index (χ4n) is 2.17. The summed E-state index contributed by atoms with van der Waals surface area (Å²) in [5.41, 5.74) is 1.08. The molecule has 2 aromatic carbocycles. The number of fused-ring (bicyclic) bond motifs is 1. The van der Waals surface area contributed by atoms with Crippen molar-refractivity contribution >= 4 is 5.91 Å². The van der Waals surface area contributed by atoms with E-state index in [0.29, 0.717) is 23.8 Å². The molecule has 1 amide bonds. The van der Waals surface area contributed by atoms with Gasteiger partial charge in [-0.15, -0.1) is 0 Å². The third kappa shape index (κ3) is 3.31. The minimum Gasteiger partial charge on any atom is -0.484 e. The number of hydrogen-bond donors (Lipinski definition) is 0. The first-order valence-corrected chi connectivity index (χ1v) is 7.03. The van der Waals surface area contributed by atoms with Crippen molar-refractivity contribution in [1.82, 2.24) is 4.90 Å². The normalized spacial score (nSPS) is 12.0. The third-order valence-electron chi connectivity index (χ3n) is 3.39. The van der Waals surface area contributed by atoms with E-state index >= 15 is 0 Å². The van der Waals surface area contributed by atoms with E-state index in [1.807, 2.05) is 30.3 Å². The van der Waals surface area contributed by atoms with Crippen LogP contribution < -0.4 is 14.2 Å². The Kier molecular flexibility index (Phi) is 4.14. The predicted molar refractivity (Wildman–Crippen MR) is 81.0 cm³/mol. The van der Waals surface area contributed by atoms with Crippen molar-refractivity contribution in [1.29, 1.82) is 0 Å². The zero-order chi connectivity index (χ0) is 15.4. The number of hydrogen-bond acceptors (Lipinski definition) is 4. The van der Waals surface area contributed by atoms with Crippen LogP contribution in [0.1, 0.15) is 5.56 Å². The number of likely N-dealkylation sites (N-methyl/N-ethyl adjacent to an activating group) is 1. The molecule has 1 aliphatic rings. The molecule has 0 bridgehead atoms. The fourth-order valence-corrected chi connectivity index (χ4v) is 2.17. The summed E-state index contributed by atoms with van der Waals surface area (Å²) < 4.78 is 16.0.